The molecule has 0 aliphatic rings. The topological polar surface area (TPSA) is 64.1 Å². The normalized spacial score (nSPS) is 11.6. The fourth-order valence-corrected chi connectivity index (χ4v) is 1.89. The number of alkyl halides is 3. The van der Waals surface area contributed by atoms with Gasteiger partial charge in [0.25, 0.3) is 0 Å². The van der Waals surface area contributed by atoms with Gasteiger partial charge in [-0.1, -0.05) is 5.92 Å². The molecule has 0 unspecified atom stereocenters. The molecule has 1 N–H and O–H groups in total. The number of carbonyl (C=O) groups is 1. The summed E-state index contributed by atoms with van der Waals surface area (Å²) >= 11 is 0. The van der Waals surface area contributed by atoms with Crippen molar-refractivity contribution in [3.05, 3.63) is 42.1 Å². The maximum atomic E-state index is 13.3. The summed E-state index contributed by atoms with van der Waals surface area (Å²) in [5, 5.41) is 1.97. The van der Waals surface area contributed by atoms with E-state index in [9.17, 15) is 22.4 Å². The number of rotatable bonds is 3. The monoisotopic (exact) mass is 367 g/mol. The lowest BCUT2D eigenvalue weighted by Gasteiger charge is -2.20. The number of aromatic nitrogens is 2. The Morgan fingerprint density at radius 3 is 2.54 bits per heavy atom. The number of hydrogen-bond donors (Lipinski definition) is 1. The third kappa shape index (κ3) is 4.69. The zero-order valence-electron chi connectivity index (χ0n) is 13.7. The van der Waals surface area contributed by atoms with E-state index >= 15 is 0 Å². The molecule has 0 saturated carbocycles. The number of anilines is 1. The van der Waals surface area contributed by atoms with Gasteiger partial charge >= 0.3 is 12.3 Å². The summed E-state index contributed by atoms with van der Waals surface area (Å²) in [5.41, 5.74) is -3.40. The maximum Gasteiger partial charge on any atom is 0.435 e. The van der Waals surface area contributed by atoms with E-state index in [2.05, 4.69) is 15.9 Å². The molecule has 2 aromatic rings. The standard InChI is InChI=1S/C17H13F4N3O2/c1-4-16(2,3)26-15(25)24-13-6-5-12(23-14(13)17(19,20)21)10-7-11(18)9-22-8-10/h1,5-9H,2-3H3,(H,24,25). The van der Waals surface area contributed by atoms with Crippen LogP contribution in [0.15, 0.2) is 30.6 Å². The van der Waals surface area contributed by atoms with Crippen LogP contribution in [0.1, 0.15) is 19.5 Å². The van der Waals surface area contributed by atoms with E-state index in [1.54, 1.807) is 0 Å². The van der Waals surface area contributed by atoms with Gasteiger partial charge in [-0.15, -0.1) is 6.42 Å². The first-order valence-electron chi connectivity index (χ1n) is 7.19. The van der Waals surface area contributed by atoms with Crippen LogP contribution in [0.5, 0.6) is 0 Å². The minimum absolute atomic E-state index is 0.0538. The quantitative estimate of drug-likeness (QED) is 0.650. The molecule has 0 aliphatic carbocycles. The molecule has 0 bridgehead atoms. The summed E-state index contributed by atoms with van der Waals surface area (Å²) in [5.74, 6) is 1.45. The molecule has 136 valence electrons. The van der Waals surface area contributed by atoms with Crippen molar-refractivity contribution in [2.75, 3.05) is 5.32 Å². The van der Waals surface area contributed by atoms with Gasteiger partial charge in [-0.3, -0.25) is 10.3 Å². The first-order chi connectivity index (χ1) is 12.0. The average molecular weight is 367 g/mol. The van der Waals surface area contributed by atoms with Gasteiger partial charge in [0.15, 0.2) is 11.3 Å². The van der Waals surface area contributed by atoms with Gasteiger partial charge in [0.1, 0.15) is 5.82 Å². The molecule has 0 radical (unpaired) electrons. The third-order valence-electron chi connectivity index (χ3n) is 3.10. The second-order valence-electron chi connectivity index (χ2n) is 5.65. The highest BCUT2D eigenvalue weighted by Gasteiger charge is 2.37. The Morgan fingerprint density at radius 1 is 1.27 bits per heavy atom. The number of hydrogen-bond acceptors (Lipinski definition) is 4. The Morgan fingerprint density at radius 2 is 1.96 bits per heavy atom. The Labute approximate surface area is 146 Å². The van der Waals surface area contributed by atoms with Crippen LogP contribution in [-0.4, -0.2) is 21.7 Å². The summed E-state index contributed by atoms with van der Waals surface area (Å²) in [4.78, 5) is 18.8. The molecule has 0 aromatic carbocycles. The second kappa shape index (κ2) is 7.00. The molecule has 0 saturated heterocycles. The van der Waals surface area contributed by atoms with Crippen LogP contribution >= 0.6 is 0 Å². The Bertz CT molecular complexity index is 873. The Hall–Kier alpha value is -3.15. The van der Waals surface area contributed by atoms with E-state index in [1.807, 2.05) is 5.32 Å². The molecular weight excluding hydrogens is 354 g/mol. The number of halogens is 4. The van der Waals surface area contributed by atoms with Crippen molar-refractivity contribution in [3.63, 3.8) is 0 Å². The van der Waals surface area contributed by atoms with Gasteiger partial charge in [-0.2, -0.15) is 13.2 Å². The molecule has 0 aliphatic heterocycles. The molecule has 0 spiro atoms. The summed E-state index contributed by atoms with van der Waals surface area (Å²) in [6.45, 7) is 2.80. The number of carbonyl (C=O) groups excluding carboxylic acids is 1. The molecule has 2 heterocycles. The van der Waals surface area contributed by atoms with Gasteiger partial charge in [0.05, 0.1) is 17.6 Å². The third-order valence-corrected chi connectivity index (χ3v) is 3.10. The van der Waals surface area contributed by atoms with E-state index in [0.29, 0.717) is 0 Å². The van der Waals surface area contributed by atoms with E-state index in [-0.39, 0.29) is 11.3 Å². The molecule has 9 heteroatoms. The highest BCUT2D eigenvalue weighted by molar-refractivity contribution is 5.86. The Kier molecular flexibility index (Phi) is 5.16. The van der Waals surface area contributed by atoms with Crippen molar-refractivity contribution < 1.29 is 27.1 Å². The van der Waals surface area contributed by atoms with Crippen LogP contribution in [0, 0.1) is 18.2 Å². The first-order valence-corrected chi connectivity index (χ1v) is 7.19. The van der Waals surface area contributed by atoms with Crippen LogP contribution in [-0.2, 0) is 10.9 Å². The highest BCUT2D eigenvalue weighted by Crippen LogP contribution is 2.35. The predicted molar refractivity (Wildman–Crippen MR) is 85.4 cm³/mol. The van der Waals surface area contributed by atoms with Crippen molar-refractivity contribution in [3.8, 4) is 23.6 Å². The molecule has 0 atom stereocenters. The number of terminal acetylenes is 1. The van der Waals surface area contributed by atoms with Crippen LogP contribution in [0.3, 0.4) is 0 Å². The largest absolute Gasteiger partial charge is 0.435 e. The van der Waals surface area contributed by atoms with Crippen molar-refractivity contribution in [1.82, 2.24) is 9.97 Å². The van der Waals surface area contributed by atoms with Crippen molar-refractivity contribution in [2.24, 2.45) is 0 Å². The van der Waals surface area contributed by atoms with Crippen LogP contribution in [0.2, 0.25) is 0 Å². The minimum atomic E-state index is -4.87. The lowest BCUT2D eigenvalue weighted by atomic mass is 10.1. The number of amides is 1. The zero-order valence-corrected chi connectivity index (χ0v) is 13.7. The van der Waals surface area contributed by atoms with Crippen molar-refractivity contribution in [1.29, 1.82) is 0 Å². The molecule has 2 aromatic heterocycles. The molecule has 5 nitrogen and oxygen atoms in total. The van der Waals surface area contributed by atoms with Crippen LogP contribution in [0.4, 0.5) is 28.0 Å². The number of pyridine rings is 2. The highest BCUT2D eigenvalue weighted by atomic mass is 19.4. The van der Waals surface area contributed by atoms with Gasteiger partial charge in [0.2, 0.25) is 0 Å². The van der Waals surface area contributed by atoms with Crippen LogP contribution < -0.4 is 5.32 Å². The number of nitrogens with one attached hydrogen (secondary N) is 1. The lowest BCUT2D eigenvalue weighted by molar-refractivity contribution is -0.140. The molecular formula is C17H13F4N3O2. The molecule has 0 fully saturated rings. The summed E-state index contributed by atoms with van der Waals surface area (Å²) < 4.78 is 58.0. The van der Waals surface area contributed by atoms with E-state index in [4.69, 9.17) is 11.2 Å². The summed E-state index contributed by atoms with van der Waals surface area (Å²) in [6.07, 6.45) is 1.20. The van der Waals surface area contributed by atoms with Gasteiger partial charge in [-0.25, -0.2) is 14.2 Å². The molecule has 1 amide bonds. The minimum Gasteiger partial charge on any atom is -0.430 e. The van der Waals surface area contributed by atoms with Gasteiger partial charge in [-0.05, 0) is 32.0 Å². The average Bonchev–Trinajstić information content (AvgIpc) is 2.53. The number of ether oxygens (including phenoxy) is 1. The second-order valence-corrected chi connectivity index (χ2v) is 5.65. The van der Waals surface area contributed by atoms with Crippen molar-refractivity contribution in [2.45, 2.75) is 25.6 Å². The van der Waals surface area contributed by atoms with E-state index in [1.165, 1.54) is 26.1 Å². The lowest BCUT2D eigenvalue weighted by Crippen LogP contribution is -2.29. The first kappa shape index (κ1) is 19.2. The van der Waals surface area contributed by atoms with E-state index in [0.717, 1.165) is 18.3 Å². The van der Waals surface area contributed by atoms with E-state index < -0.39 is 35.1 Å². The van der Waals surface area contributed by atoms with Crippen LogP contribution in [0.25, 0.3) is 11.3 Å². The summed E-state index contributed by atoms with van der Waals surface area (Å²) in [7, 11) is 0. The van der Waals surface area contributed by atoms with Gasteiger partial charge in [0, 0.05) is 11.8 Å². The number of nitrogens with zero attached hydrogens (tertiary/aromatic N) is 2. The summed E-state index contributed by atoms with van der Waals surface area (Å²) in [6, 6.07) is 3.17. The van der Waals surface area contributed by atoms with Gasteiger partial charge < -0.3 is 4.74 Å². The van der Waals surface area contributed by atoms with Crippen molar-refractivity contribution >= 4 is 11.8 Å². The maximum absolute atomic E-state index is 13.3. The smallest absolute Gasteiger partial charge is 0.430 e. The predicted octanol–water partition coefficient (Wildman–Crippen LogP) is 4.26. The molecule has 2 rings (SSSR count). The fourth-order valence-electron chi connectivity index (χ4n) is 1.89. The molecule has 26 heavy (non-hydrogen) atoms. The Balaban J connectivity index is 2.39. The zero-order chi connectivity index (χ0) is 19.5. The SMILES string of the molecule is C#CC(C)(C)OC(=O)Nc1ccc(-c2cncc(F)c2)nc1C(F)(F)F. The fraction of sp³-hybridized carbons (Fsp3) is 0.235.